The molecule has 0 saturated heterocycles. The second-order valence-electron chi connectivity index (χ2n) is 6.79. The third-order valence-corrected chi connectivity index (χ3v) is 5.81. The minimum absolute atomic E-state index is 0.252. The third-order valence-electron chi connectivity index (χ3n) is 5.81. The van der Waals surface area contributed by atoms with Gasteiger partial charge in [-0.25, -0.2) is 0 Å². The molecule has 4 atom stereocenters. The van der Waals surface area contributed by atoms with Crippen molar-refractivity contribution in [2.24, 2.45) is 17.3 Å². The van der Waals surface area contributed by atoms with Crippen LogP contribution in [0.3, 0.4) is 0 Å². The van der Waals surface area contributed by atoms with E-state index in [1.807, 2.05) is 18.2 Å². The molecule has 106 valence electrons. The van der Waals surface area contributed by atoms with Crippen LogP contribution in [-0.2, 0) is 4.79 Å². The first-order valence-electron chi connectivity index (χ1n) is 7.64. The van der Waals surface area contributed by atoms with Gasteiger partial charge in [0.15, 0.2) is 0 Å². The van der Waals surface area contributed by atoms with Gasteiger partial charge in [0.25, 0.3) is 0 Å². The van der Waals surface area contributed by atoms with Gasteiger partial charge in [0, 0.05) is 11.5 Å². The molecule has 2 fully saturated rings. The van der Waals surface area contributed by atoms with Gasteiger partial charge in [-0.2, -0.15) is 0 Å². The molecule has 3 aliphatic rings. The van der Waals surface area contributed by atoms with E-state index in [1.54, 1.807) is 0 Å². The maximum absolute atomic E-state index is 12.0. The van der Waals surface area contributed by atoms with Crippen LogP contribution in [0.15, 0.2) is 24.3 Å². The highest BCUT2D eigenvalue weighted by Crippen LogP contribution is 2.60. The first-order chi connectivity index (χ1) is 9.69. The van der Waals surface area contributed by atoms with Gasteiger partial charge in [-0.05, 0) is 43.6 Å². The van der Waals surface area contributed by atoms with Crippen LogP contribution >= 0.6 is 0 Å². The highest BCUT2D eigenvalue weighted by molar-refractivity contribution is 5.76. The lowest BCUT2D eigenvalue weighted by atomic mass is 9.67. The van der Waals surface area contributed by atoms with Gasteiger partial charge >= 0.3 is 5.97 Å². The fourth-order valence-corrected chi connectivity index (χ4v) is 4.88. The van der Waals surface area contributed by atoms with Crippen LogP contribution in [0.4, 0.5) is 0 Å². The molecule has 0 aromatic heterocycles. The van der Waals surface area contributed by atoms with Gasteiger partial charge in [-0.3, -0.25) is 4.79 Å². The van der Waals surface area contributed by atoms with Crippen LogP contribution in [-0.4, -0.2) is 17.7 Å². The van der Waals surface area contributed by atoms with Crippen molar-refractivity contribution in [2.45, 2.75) is 38.0 Å². The maximum Gasteiger partial charge on any atom is 0.309 e. The lowest BCUT2D eigenvalue weighted by Crippen LogP contribution is -2.38. The van der Waals surface area contributed by atoms with Crippen molar-refractivity contribution < 1.29 is 14.6 Å². The molecule has 2 saturated carbocycles. The monoisotopic (exact) mass is 272 g/mol. The zero-order valence-corrected chi connectivity index (χ0v) is 11.5. The largest absolute Gasteiger partial charge is 0.493 e. The second-order valence-corrected chi connectivity index (χ2v) is 6.79. The number of hydrogen-bond acceptors (Lipinski definition) is 2. The molecule has 0 spiro atoms. The molecule has 2 aliphatic carbocycles. The highest BCUT2D eigenvalue weighted by Gasteiger charge is 2.56. The first kappa shape index (κ1) is 12.2. The third kappa shape index (κ3) is 1.62. The van der Waals surface area contributed by atoms with Crippen molar-refractivity contribution in [3.63, 3.8) is 0 Å². The normalized spacial score (nSPS) is 37.7. The lowest BCUT2D eigenvalue weighted by molar-refractivity contribution is -0.153. The predicted molar refractivity (Wildman–Crippen MR) is 74.8 cm³/mol. The molecule has 3 heteroatoms. The zero-order chi connectivity index (χ0) is 13.7. The second kappa shape index (κ2) is 4.24. The van der Waals surface area contributed by atoms with E-state index >= 15 is 0 Å². The summed E-state index contributed by atoms with van der Waals surface area (Å²) in [5.41, 5.74) is 0.713. The minimum Gasteiger partial charge on any atom is -0.493 e. The molecule has 4 unspecified atom stereocenters. The van der Waals surface area contributed by atoms with Crippen molar-refractivity contribution >= 4 is 5.97 Å². The van der Waals surface area contributed by atoms with Gasteiger partial charge in [-0.15, -0.1) is 0 Å². The molecular weight excluding hydrogens is 252 g/mol. The molecule has 4 rings (SSSR count). The summed E-state index contributed by atoms with van der Waals surface area (Å²) in [4.78, 5) is 12.0. The average Bonchev–Trinajstić information content (AvgIpc) is 3.14. The van der Waals surface area contributed by atoms with Crippen molar-refractivity contribution in [1.29, 1.82) is 0 Å². The minimum atomic E-state index is -0.575. The van der Waals surface area contributed by atoms with Crippen molar-refractivity contribution in [3.8, 4) is 5.75 Å². The van der Waals surface area contributed by atoms with Gasteiger partial charge in [-0.1, -0.05) is 24.6 Å². The Labute approximate surface area is 118 Å². The van der Waals surface area contributed by atoms with Crippen LogP contribution < -0.4 is 4.74 Å². The lowest BCUT2D eigenvalue weighted by Gasteiger charge is -2.35. The van der Waals surface area contributed by atoms with E-state index < -0.39 is 11.4 Å². The van der Waals surface area contributed by atoms with Gasteiger partial charge in [0.2, 0.25) is 0 Å². The fraction of sp³-hybridized carbons (Fsp3) is 0.588. The molecule has 1 aromatic rings. The number of rotatable bonds is 3. The van der Waals surface area contributed by atoms with E-state index in [1.165, 1.54) is 12.0 Å². The van der Waals surface area contributed by atoms with Gasteiger partial charge in [0.05, 0.1) is 12.0 Å². The zero-order valence-electron chi connectivity index (χ0n) is 11.5. The molecule has 0 radical (unpaired) electrons. The first-order valence-corrected chi connectivity index (χ1v) is 7.64. The highest BCUT2D eigenvalue weighted by atomic mass is 16.5. The average molecular weight is 272 g/mol. The Bertz CT molecular complexity index is 553. The Balaban J connectivity index is 1.63. The summed E-state index contributed by atoms with van der Waals surface area (Å²) in [7, 11) is 0. The molecule has 1 N–H and O–H groups in total. The fourth-order valence-electron chi connectivity index (χ4n) is 4.88. The van der Waals surface area contributed by atoms with E-state index in [4.69, 9.17) is 4.74 Å². The number of ether oxygens (including phenoxy) is 1. The van der Waals surface area contributed by atoms with Crippen molar-refractivity contribution in [2.75, 3.05) is 6.61 Å². The Morgan fingerprint density at radius 1 is 1.35 bits per heavy atom. The molecule has 2 bridgehead atoms. The van der Waals surface area contributed by atoms with E-state index in [2.05, 4.69) is 6.07 Å². The molecule has 20 heavy (non-hydrogen) atoms. The number of hydrogen-bond donors (Lipinski definition) is 1. The number of carboxylic acids is 1. The molecular formula is C17H20O3. The van der Waals surface area contributed by atoms with Crippen LogP contribution in [0.2, 0.25) is 0 Å². The Morgan fingerprint density at radius 2 is 2.20 bits per heavy atom. The van der Waals surface area contributed by atoms with E-state index in [0.29, 0.717) is 18.4 Å². The maximum atomic E-state index is 12.0. The van der Waals surface area contributed by atoms with E-state index in [0.717, 1.165) is 31.4 Å². The predicted octanol–water partition coefficient (Wildman–Crippen LogP) is 3.44. The standard InChI is InChI=1S/C17H20O3/c18-16(19)17(8-11-5-6-13(17)7-11)9-12-10-20-15-4-2-1-3-14(12)15/h1-4,11-13H,5-10H2,(H,18,19). The van der Waals surface area contributed by atoms with E-state index in [9.17, 15) is 9.90 Å². The van der Waals surface area contributed by atoms with Crippen molar-refractivity contribution in [1.82, 2.24) is 0 Å². The summed E-state index contributed by atoms with van der Waals surface area (Å²) in [6, 6.07) is 8.08. The van der Waals surface area contributed by atoms with Crippen LogP contribution in [0.5, 0.6) is 5.75 Å². The van der Waals surface area contributed by atoms with Crippen LogP contribution in [0.25, 0.3) is 0 Å². The molecule has 0 amide bonds. The Hall–Kier alpha value is -1.51. The molecule has 3 nitrogen and oxygen atoms in total. The SMILES string of the molecule is O=C(O)C1(CC2COc3ccccc32)CC2CCC1C2. The van der Waals surface area contributed by atoms with Crippen molar-refractivity contribution in [3.05, 3.63) is 29.8 Å². The Morgan fingerprint density at radius 3 is 2.90 bits per heavy atom. The number of carbonyl (C=O) groups is 1. The summed E-state index contributed by atoms with van der Waals surface area (Å²) >= 11 is 0. The topological polar surface area (TPSA) is 46.5 Å². The molecule has 1 aliphatic heterocycles. The molecule has 1 aromatic carbocycles. The molecule has 1 heterocycles. The summed E-state index contributed by atoms with van der Waals surface area (Å²) in [5, 5.41) is 9.85. The number of benzene rings is 1. The number of fused-ring (bicyclic) bond motifs is 3. The summed E-state index contributed by atoms with van der Waals surface area (Å²) < 4.78 is 5.73. The van der Waals surface area contributed by atoms with E-state index in [-0.39, 0.29) is 5.92 Å². The Kier molecular flexibility index (Phi) is 2.60. The quantitative estimate of drug-likeness (QED) is 0.916. The number of carboxylic acid groups (broad SMARTS) is 1. The number of para-hydroxylation sites is 1. The van der Waals surface area contributed by atoms with Crippen LogP contribution in [0.1, 0.15) is 43.6 Å². The smallest absolute Gasteiger partial charge is 0.309 e. The summed E-state index contributed by atoms with van der Waals surface area (Å²) in [6.07, 6.45) is 5.09. The van der Waals surface area contributed by atoms with Gasteiger partial charge in [0.1, 0.15) is 5.75 Å². The summed E-state index contributed by atoms with van der Waals surface area (Å²) in [5.74, 6) is 1.66. The summed E-state index contributed by atoms with van der Waals surface area (Å²) in [6.45, 7) is 0.645. The van der Waals surface area contributed by atoms with Gasteiger partial charge < -0.3 is 9.84 Å². The van der Waals surface area contributed by atoms with Crippen LogP contribution in [0, 0.1) is 17.3 Å². The number of aliphatic carboxylic acids is 1.